The molecule has 2 atom stereocenters. The zero-order valence-electron chi connectivity index (χ0n) is 65.8. The molecule has 0 aliphatic rings. The number of likely N-dealkylation sites (N-methyl/N-ethyl adjacent to an activating group) is 1. The van der Waals surface area contributed by atoms with Crippen LogP contribution in [0.5, 0.6) is 0 Å². The summed E-state index contributed by atoms with van der Waals surface area (Å²) in [5, 5.41) is 9.78. The van der Waals surface area contributed by atoms with Crippen LogP contribution in [-0.4, -0.2) is 87.4 Å². The fraction of sp³-hybridized carbons (Fsp3) is 0.663. The molecular formula is C92H154NO8+. The maximum Gasteiger partial charge on any atom is 0.361 e. The molecule has 0 aliphatic heterocycles. The normalized spacial score (nSPS) is 13.6. The van der Waals surface area contributed by atoms with E-state index in [4.69, 9.17) is 18.9 Å². The first-order chi connectivity index (χ1) is 49.6. The summed E-state index contributed by atoms with van der Waals surface area (Å²) >= 11 is 0. The van der Waals surface area contributed by atoms with E-state index in [1.165, 1.54) is 180 Å². The second-order valence-electron chi connectivity index (χ2n) is 28.3. The van der Waals surface area contributed by atoms with Gasteiger partial charge in [0.25, 0.3) is 6.29 Å². The Kier molecular flexibility index (Phi) is 76.1. The molecule has 101 heavy (non-hydrogen) atoms. The average molecular weight is 1400 g/mol. The Labute approximate surface area is 622 Å². The fourth-order valence-corrected chi connectivity index (χ4v) is 11.2. The van der Waals surface area contributed by atoms with Crippen LogP contribution in [0, 0.1) is 0 Å². The van der Waals surface area contributed by atoms with Gasteiger partial charge in [-0.3, -0.25) is 9.59 Å². The summed E-state index contributed by atoms with van der Waals surface area (Å²) in [6.45, 7) is 4.72. The van der Waals surface area contributed by atoms with Crippen LogP contribution in [0.4, 0.5) is 0 Å². The van der Waals surface area contributed by atoms with Crippen molar-refractivity contribution < 1.29 is 42.9 Å². The van der Waals surface area contributed by atoms with Crippen molar-refractivity contribution in [2.45, 2.75) is 347 Å². The molecule has 0 rings (SSSR count). The smallest absolute Gasteiger partial charge is 0.361 e. The average Bonchev–Trinajstić information content (AvgIpc) is 1.25. The number of unbranched alkanes of at least 4 members (excludes halogenated alkanes) is 32. The zero-order valence-corrected chi connectivity index (χ0v) is 65.8. The minimum Gasteiger partial charge on any atom is -0.477 e. The maximum atomic E-state index is 13.0. The van der Waals surface area contributed by atoms with Gasteiger partial charge in [-0.2, -0.15) is 0 Å². The number of esters is 2. The molecular weight excluding hydrogens is 1250 g/mol. The van der Waals surface area contributed by atoms with Crippen molar-refractivity contribution in [3.8, 4) is 0 Å². The Hall–Kier alpha value is -5.35. The second-order valence-corrected chi connectivity index (χ2v) is 28.3. The van der Waals surface area contributed by atoms with Crippen LogP contribution in [0.25, 0.3) is 0 Å². The Balaban J connectivity index is 4.11. The van der Waals surface area contributed by atoms with Gasteiger partial charge < -0.3 is 28.5 Å². The van der Waals surface area contributed by atoms with Crippen LogP contribution in [0.15, 0.2) is 170 Å². The van der Waals surface area contributed by atoms with Crippen LogP contribution in [0.3, 0.4) is 0 Å². The molecule has 0 aromatic carbocycles. The number of quaternary nitrogens is 1. The van der Waals surface area contributed by atoms with E-state index in [1.54, 1.807) is 0 Å². The van der Waals surface area contributed by atoms with Crippen LogP contribution in [-0.2, 0) is 33.3 Å². The minimum absolute atomic E-state index is 0.174. The van der Waals surface area contributed by atoms with Gasteiger partial charge in [0.05, 0.1) is 34.4 Å². The molecule has 9 heteroatoms. The van der Waals surface area contributed by atoms with Crippen molar-refractivity contribution in [1.29, 1.82) is 0 Å². The van der Waals surface area contributed by atoms with Gasteiger partial charge in [-0.25, -0.2) is 4.79 Å². The molecule has 1 N–H and O–H groups in total. The standard InChI is InChI=1S/C92H153NO8/c1-6-8-10-12-14-16-18-20-22-24-26-28-30-32-34-36-38-40-42-44-45-47-48-50-52-54-56-58-60-62-64-66-68-70-72-74-76-78-80-82-89(94)99-86-88(87-100-92(91(96)97)98-85-84-93(3,4)5)101-90(95)83-81-79-77-75-73-71-69-67-65-63-61-59-57-55-53-51-49-46-43-41-39-37-35-33-31-29-27-25-23-21-19-17-15-13-11-9-7-2/h9,11,15,17-18,20-21,23-24,26-27,29-30,32-33,35,39,41,46,49,53,55,59,61,65,67,71,73,88,92H,6-8,10,12-14,16,19,22,25,28,31,34,36-38,40,42-45,47-48,50-52,54,56-58,60,62-64,66,68-70,72,74-87H2,1-5H3/p+1/b11-9-,17-15-,20-18-,23-21-,26-24-,29-27-,32-30-,35-33-,41-39-,49-46-,55-53-,61-59-,67-65-,73-71-. The number of carboxylic acids is 1. The molecule has 0 aromatic rings. The lowest BCUT2D eigenvalue weighted by atomic mass is 10.0. The van der Waals surface area contributed by atoms with Gasteiger partial charge in [0.15, 0.2) is 6.10 Å². The Morgan fingerprint density at radius 3 is 0.851 bits per heavy atom. The van der Waals surface area contributed by atoms with E-state index in [2.05, 4.69) is 184 Å². The molecule has 0 radical (unpaired) electrons. The van der Waals surface area contributed by atoms with Gasteiger partial charge in [-0.1, -0.05) is 357 Å². The van der Waals surface area contributed by atoms with Gasteiger partial charge in [0, 0.05) is 12.8 Å². The number of carbonyl (C=O) groups is 3. The van der Waals surface area contributed by atoms with E-state index in [0.717, 1.165) is 122 Å². The van der Waals surface area contributed by atoms with E-state index in [-0.39, 0.29) is 38.6 Å². The number of carbonyl (C=O) groups excluding carboxylic acids is 2. The van der Waals surface area contributed by atoms with Crippen molar-refractivity contribution in [2.24, 2.45) is 0 Å². The number of nitrogens with zero attached hydrogens (tertiary/aromatic N) is 1. The highest BCUT2D eigenvalue weighted by Gasteiger charge is 2.25. The number of hydrogen-bond acceptors (Lipinski definition) is 7. The van der Waals surface area contributed by atoms with E-state index in [0.29, 0.717) is 17.4 Å². The van der Waals surface area contributed by atoms with Crippen LogP contribution < -0.4 is 0 Å². The summed E-state index contributed by atoms with van der Waals surface area (Å²) < 4.78 is 23.0. The molecule has 574 valence electrons. The van der Waals surface area contributed by atoms with Crippen molar-refractivity contribution in [3.63, 3.8) is 0 Å². The van der Waals surface area contributed by atoms with Gasteiger partial charge >= 0.3 is 17.9 Å². The molecule has 0 fully saturated rings. The van der Waals surface area contributed by atoms with Crippen molar-refractivity contribution in [2.75, 3.05) is 47.5 Å². The summed E-state index contributed by atoms with van der Waals surface area (Å²) in [5.74, 6) is -2.05. The van der Waals surface area contributed by atoms with E-state index >= 15 is 0 Å². The largest absolute Gasteiger partial charge is 0.477 e. The number of ether oxygens (including phenoxy) is 4. The fourth-order valence-electron chi connectivity index (χ4n) is 11.2. The quantitative estimate of drug-likeness (QED) is 0.0211. The van der Waals surface area contributed by atoms with Gasteiger partial charge in [-0.05, 0) is 135 Å². The highest BCUT2D eigenvalue weighted by atomic mass is 16.7. The molecule has 0 aromatic heterocycles. The summed E-state index contributed by atoms with van der Waals surface area (Å²) in [4.78, 5) is 37.7. The summed E-state index contributed by atoms with van der Waals surface area (Å²) in [6, 6.07) is 0. The van der Waals surface area contributed by atoms with E-state index < -0.39 is 24.3 Å². The topological polar surface area (TPSA) is 108 Å². The number of hydrogen-bond donors (Lipinski definition) is 1. The molecule has 0 saturated heterocycles. The highest BCUT2D eigenvalue weighted by Crippen LogP contribution is 2.18. The minimum atomic E-state index is -1.53. The lowest BCUT2D eigenvalue weighted by Crippen LogP contribution is -2.40. The summed E-state index contributed by atoms with van der Waals surface area (Å²) in [6.07, 6.45) is 118. The summed E-state index contributed by atoms with van der Waals surface area (Å²) in [7, 11) is 5.97. The number of carboxylic acid groups (broad SMARTS) is 1. The molecule has 0 heterocycles. The summed E-state index contributed by atoms with van der Waals surface area (Å²) in [5.41, 5.74) is 0. The Bertz CT molecular complexity index is 2280. The first-order valence-electron chi connectivity index (χ1n) is 41.3. The predicted molar refractivity (Wildman–Crippen MR) is 437 cm³/mol. The van der Waals surface area contributed by atoms with E-state index in [9.17, 15) is 19.5 Å². The SMILES string of the molecule is CC/C=C\C/C=C\C/C=C\C/C=C\C/C=C\C/C=C\C/C=C\C/C=C\C/C=C\C/C=C\C/C=C\CCCCCC(=O)OC(COC(=O)CCCCCCCCCCCCCCCCCCCCCCCCCC/C=C\C/C=C\C/C=C\CCCCCCC)COC(OCC[N+](C)(C)C)C(=O)O. The molecule has 0 bridgehead atoms. The lowest BCUT2D eigenvalue weighted by molar-refractivity contribution is -0.870. The second kappa shape index (κ2) is 80.3. The first kappa shape index (κ1) is 95.6. The van der Waals surface area contributed by atoms with Crippen molar-refractivity contribution >= 4 is 17.9 Å². The lowest BCUT2D eigenvalue weighted by Gasteiger charge is -2.25. The highest BCUT2D eigenvalue weighted by molar-refractivity contribution is 5.71. The molecule has 0 aliphatic carbocycles. The van der Waals surface area contributed by atoms with Crippen LogP contribution in [0.2, 0.25) is 0 Å². The Morgan fingerprint density at radius 1 is 0.307 bits per heavy atom. The monoisotopic (exact) mass is 1400 g/mol. The molecule has 9 nitrogen and oxygen atoms in total. The predicted octanol–water partition coefficient (Wildman–Crippen LogP) is 26.9. The molecule has 0 spiro atoms. The van der Waals surface area contributed by atoms with Crippen LogP contribution >= 0.6 is 0 Å². The molecule has 0 saturated carbocycles. The van der Waals surface area contributed by atoms with Gasteiger partial charge in [0.1, 0.15) is 13.2 Å². The van der Waals surface area contributed by atoms with E-state index in [1.807, 2.05) is 21.1 Å². The number of rotatable bonds is 75. The third kappa shape index (κ3) is 81.8. The van der Waals surface area contributed by atoms with Crippen LogP contribution in [0.1, 0.15) is 335 Å². The number of allylic oxidation sites excluding steroid dienone is 28. The third-order valence-electron chi connectivity index (χ3n) is 17.5. The van der Waals surface area contributed by atoms with Gasteiger partial charge in [-0.15, -0.1) is 0 Å². The van der Waals surface area contributed by atoms with Crippen molar-refractivity contribution in [3.05, 3.63) is 170 Å². The Morgan fingerprint density at radius 2 is 0.564 bits per heavy atom. The maximum absolute atomic E-state index is 13.0. The first-order valence-corrected chi connectivity index (χ1v) is 41.3. The zero-order chi connectivity index (χ0) is 73.2. The van der Waals surface area contributed by atoms with Crippen molar-refractivity contribution in [1.82, 2.24) is 0 Å². The third-order valence-corrected chi connectivity index (χ3v) is 17.5. The number of aliphatic carboxylic acids is 1. The van der Waals surface area contributed by atoms with Gasteiger partial charge in [0.2, 0.25) is 0 Å². The molecule has 2 unspecified atom stereocenters. The molecule has 0 amide bonds.